The molecule has 0 fully saturated rings. The highest BCUT2D eigenvalue weighted by Gasteiger charge is 2.28. The fraction of sp³-hybridized carbons (Fsp3) is 0.357. The zero-order valence-electron chi connectivity index (χ0n) is 20.6. The summed E-state index contributed by atoms with van der Waals surface area (Å²) in [5.74, 6) is 0.204. The summed E-state index contributed by atoms with van der Waals surface area (Å²) in [4.78, 5) is 42.0. The Morgan fingerprint density at radius 1 is 0.972 bits per heavy atom. The van der Waals surface area contributed by atoms with Crippen LogP contribution in [0.2, 0.25) is 0 Å². The summed E-state index contributed by atoms with van der Waals surface area (Å²) in [5.41, 5.74) is 1.42. The van der Waals surface area contributed by atoms with Gasteiger partial charge < -0.3 is 14.5 Å². The molecule has 0 spiro atoms. The number of carbonyl (C=O) groups is 2. The minimum atomic E-state index is -0.359. The molecule has 8 heteroatoms. The van der Waals surface area contributed by atoms with Crippen molar-refractivity contribution in [2.24, 2.45) is 0 Å². The first-order valence-corrected chi connectivity index (χ1v) is 12.5. The van der Waals surface area contributed by atoms with E-state index in [1.807, 2.05) is 54.3 Å². The average molecular weight is 489 g/mol. The monoisotopic (exact) mass is 488 g/mol. The number of ether oxygens (including phenoxy) is 1. The molecule has 0 radical (unpaired) electrons. The molecule has 36 heavy (non-hydrogen) atoms. The van der Waals surface area contributed by atoms with Gasteiger partial charge in [-0.1, -0.05) is 42.5 Å². The van der Waals surface area contributed by atoms with Gasteiger partial charge in [0.1, 0.15) is 18.1 Å². The molecule has 0 aliphatic carbocycles. The Labute approximate surface area is 210 Å². The van der Waals surface area contributed by atoms with Crippen molar-refractivity contribution in [1.29, 1.82) is 0 Å². The van der Waals surface area contributed by atoms with Crippen molar-refractivity contribution in [3.8, 4) is 5.75 Å². The first-order chi connectivity index (χ1) is 17.6. The minimum Gasteiger partial charge on any atom is -0.491 e. The highest BCUT2D eigenvalue weighted by atomic mass is 16.5. The van der Waals surface area contributed by atoms with Gasteiger partial charge in [-0.25, -0.2) is 5.10 Å². The molecule has 0 saturated heterocycles. The summed E-state index contributed by atoms with van der Waals surface area (Å²) < 4.78 is 6.27. The molecule has 1 aliphatic rings. The van der Waals surface area contributed by atoms with Crippen LogP contribution in [0.15, 0.2) is 71.5 Å². The Kier molecular flexibility index (Phi) is 8.49. The molecule has 2 heterocycles. The van der Waals surface area contributed by atoms with Gasteiger partial charge in [-0.3, -0.25) is 14.4 Å². The Bertz CT molecular complexity index is 1210. The number of H-pyrrole nitrogens is 1. The lowest BCUT2D eigenvalue weighted by Crippen LogP contribution is -2.46. The van der Waals surface area contributed by atoms with E-state index in [1.165, 1.54) is 12.1 Å². The SMILES string of the molecule is CCN1CCCCCN(C(=O)c2ccc(=O)[nH]n2)[C@@H](Cc2ccccc2)COc2ccccc2C1=O. The third-order valence-electron chi connectivity index (χ3n) is 6.46. The molecule has 188 valence electrons. The number of para-hydroxylation sites is 1. The third kappa shape index (κ3) is 6.19. The molecule has 1 N–H and O–H groups in total. The Morgan fingerprint density at radius 3 is 2.47 bits per heavy atom. The topological polar surface area (TPSA) is 95.6 Å². The summed E-state index contributed by atoms with van der Waals surface area (Å²) >= 11 is 0. The highest BCUT2D eigenvalue weighted by Crippen LogP contribution is 2.23. The summed E-state index contributed by atoms with van der Waals surface area (Å²) in [7, 11) is 0. The predicted octanol–water partition coefficient (Wildman–Crippen LogP) is 3.55. The largest absolute Gasteiger partial charge is 0.491 e. The summed E-state index contributed by atoms with van der Waals surface area (Å²) in [6, 6.07) is 19.7. The number of nitrogens with zero attached hydrogens (tertiary/aromatic N) is 3. The normalized spacial score (nSPS) is 17.2. The summed E-state index contributed by atoms with van der Waals surface area (Å²) in [6.07, 6.45) is 3.06. The fourth-order valence-corrected chi connectivity index (χ4v) is 4.50. The second-order valence-corrected chi connectivity index (χ2v) is 8.90. The lowest BCUT2D eigenvalue weighted by atomic mass is 10.0. The number of hydrogen-bond donors (Lipinski definition) is 1. The number of benzene rings is 2. The van der Waals surface area contributed by atoms with Crippen LogP contribution in [0.5, 0.6) is 5.75 Å². The maximum absolute atomic E-state index is 13.6. The van der Waals surface area contributed by atoms with Gasteiger partial charge >= 0.3 is 0 Å². The van der Waals surface area contributed by atoms with Crippen LogP contribution in [0.1, 0.15) is 52.6 Å². The van der Waals surface area contributed by atoms with E-state index >= 15 is 0 Å². The van der Waals surface area contributed by atoms with Crippen molar-refractivity contribution in [3.05, 3.63) is 93.9 Å². The molecule has 2 aromatic carbocycles. The number of amides is 2. The number of aromatic nitrogens is 2. The smallest absolute Gasteiger partial charge is 0.274 e. The van der Waals surface area contributed by atoms with Gasteiger partial charge in [0.25, 0.3) is 17.4 Å². The maximum Gasteiger partial charge on any atom is 0.274 e. The lowest BCUT2D eigenvalue weighted by Gasteiger charge is -2.32. The Hall–Kier alpha value is -3.94. The number of fused-ring (bicyclic) bond motifs is 1. The number of rotatable bonds is 4. The molecule has 0 unspecified atom stereocenters. The molecule has 3 aromatic rings. The number of carbonyl (C=O) groups excluding carboxylic acids is 2. The second kappa shape index (κ2) is 12.2. The predicted molar refractivity (Wildman–Crippen MR) is 137 cm³/mol. The van der Waals surface area contributed by atoms with Crippen LogP contribution in [0, 0.1) is 0 Å². The van der Waals surface area contributed by atoms with Crippen LogP contribution in [0.3, 0.4) is 0 Å². The summed E-state index contributed by atoms with van der Waals surface area (Å²) in [5, 5.41) is 6.35. The van der Waals surface area contributed by atoms with Gasteiger partial charge in [-0.15, -0.1) is 0 Å². The molecule has 1 atom stereocenters. The zero-order chi connectivity index (χ0) is 25.3. The molecular formula is C28H32N4O4. The molecular weight excluding hydrogens is 456 g/mol. The van der Waals surface area contributed by atoms with E-state index in [0.29, 0.717) is 37.4 Å². The maximum atomic E-state index is 13.6. The van der Waals surface area contributed by atoms with Gasteiger partial charge in [0.2, 0.25) is 0 Å². The van der Waals surface area contributed by atoms with E-state index in [2.05, 4.69) is 10.2 Å². The molecule has 8 nitrogen and oxygen atoms in total. The number of hydrogen-bond acceptors (Lipinski definition) is 5. The molecule has 1 aromatic heterocycles. The molecule has 2 amide bonds. The van der Waals surface area contributed by atoms with Crippen LogP contribution < -0.4 is 10.3 Å². The van der Waals surface area contributed by atoms with Gasteiger partial charge in [0.15, 0.2) is 0 Å². The lowest BCUT2D eigenvalue weighted by molar-refractivity contribution is 0.0598. The van der Waals surface area contributed by atoms with E-state index in [0.717, 1.165) is 24.8 Å². The third-order valence-corrected chi connectivity index (χ3v) is 6.46. The van der Waals surface area contributed by atoms with Crippen molar-refractivity contribution < 1.29 is 14.3 Å². The molecule has 0 saturated carbocycles. The highest BCUT2D eigenvalue weighted by molar-refractivity contribution is 5.97. The summed E-state index contributed by atoms with van der Waals surface area (Å²) in [6.45, 7) is 3.97. The average Bonchev–Trinajstić information content (AvgIpc) is 2.92. The van der Waals surface area contributed by atoms with E-state index < -0.39 is 0 Å². The van der Waals surface area contributed by atoms with Crippen LogP contribution in [0.25, 0.3) is 0 Å². The standard InChI is InChI=1S/C28H32N4O4/c1-2-31-17-9-4-10-18-32(28(35)24-15-16-26(33)30-29-24)22(19-21-11-5-3-6-12-21)20-36-25-14-8-7-13-23(25)27(31)34/h3,5-8,11-16,22H,2,4,9-10,17-20H2,1H3,(H,30,33)/t22-/m0/s1. The van der Waals surface area contributed by atoms with Crippen molar-refractivity contribution in [3.63, 3.8) is 0 Å². The van der Waals surface area contributed by atoms with Crippen LogP contribution in [-0.4, -0.2) is 64.1 Å². The zero-order valence-corrected chi connectivity index (χ0v) is 20.6. The van der Waals surface area contributed by atoms with Crippen molar-refractivity contribution in [2.45, 2.75) is 38.6 Å². The van der Waals surface area contributed by atoms with E-state index in [-0.39, 0.29) is 35.7 Å². The Morgan fingerprint density at radius 2 is 1.72 bits per heavy atom. The van der Waals surface area contributed by atoms with Crippen molar-refractivity contribution in [2.75, 3.05) is 26.2 Å². The first-order valence-electron chi connectivity index (χ1n) is 12.5. The van der Waals surface area contributed by atoms with Gasteiger partial charge in [-0.05, 0) is 56.4 Å². The van der Waals surface area contributed by atoms with Gasteiger partial charge in [-0.2, -0.15) is 5.10 Å². The fourth-order valence-electron chi connectivity index (χ4n) is 4.50. The van der Waals surface area contributed by atoms with E-state index in [4.69, 9.17) is 4.74 Å². The number of nitrogens with one attached hydrogen (secondary N) is 1. The van der Waals surface area contributed by atoms with Crippen LogP contribution >= 0.6 is 0 Å². The molecule has 4 rings (SSSR count). The second-order valence-electron chi connectivity index (χ2n) is 8.90. The van der Waals surface area contributed by atoms with Crippen molar-refractivity contribution >= 4 is 11.8 Å². The number of aromatic amines is 1. The first kappa shape index (κ1) is 25.2. The minimum absolute atomic E-state index is 0.0441. The van der Waals surface area contributed by atoms with Crippen molar-refractivity contribution in [1.82, 2.24) is 20.0 Å². The molecule has 1 aliphatic heterocycles. The van der Waals surface area contributed by atoms with E-state index in [1.54, 1.807) is 17.0 Å². The molecule has 0 bridgehead atoms. The quantitative estimate of drug-likeness (QED) is 0.606. The Balaban J connectivity index is 1.69. The van der Waals surface area contributed by atoms with Gasteiger partial charge in [0.05, 0.1) is 11.6 Å². The van der Waals surface area contributed by atoms with Gasteiger partial charge in [0, 0.05) is 25.7 Å². The van der Waals surface area contributed by atoms with E-state index in [9.17, 15) is 14.4 Å². The van der Waals surface area contributed by atoms with Crippen LogP contribution in [-0.2, 0) is 6.42 Å². The van der Waals surface area contributed by atoms with Crippen LogP contribution in [0.4, 0.5) is 0 Å².